The second-order valence-corrected chi connectivity index (χ2v) is 6.17. The highest BCUT2D eigenvalue weighted by atomic mass is 16.5. The van der Waals surface area contributed by atoms with Crippen LogP contribution in [0.1, 0.15) is 31.0 Å². The van der Waals surface area contributed by atoms with Gasteiger partial charge in [0.25, 0.3) is 0 Å². The minimum Gasteiger partial charge on any atom is -0.420 e. The fraction of sp³-hybridized carbons (Fsp3) is 0.562. The van der Waals surface area contributed by atoms with Crippen LogP contribution in [0.5, 0.6) is 5.88 Å². The number of nitriles is 1. The first-order chi connectivity index (χ1) is 11.5. The normalized spacial score (nSPS) is 19.0. The van der Waals surface area contributed by atoms with E-state index in [-0.39, 0.29) is 11.8 Å². The first-order valence-corrected chi connectivity index (χ1v) is 7.94. The maximum Gasteiger partial charge on any atom is 0.244 e. The summed E-state index contributed by atoms with van der Waals surface area (Å²) in [4.78, 5) is 13.4. The van der Waals surface area contributed by atoms with Gasteiger partial charge in [-0.05, 0) is 12.8 Å². The van der Waals surface area contributed by atoms with E-state index in [1.165, 1.54) is 0 Å². The molecule has 1 amide bonds. The van der Waals surface area contributed by atoms with Crippen LogP contribution in [0.3, 0.4) is 0 Å². The second kappa shape index (κ2) is 6.17. The molecule has 0 atom stereocenters. The Hall–Kier alpha value is -2.53. The Labute approximate surface area is 140 Å². The van der Waals surface area contributed by atoms with Crippen LogP contribution in [0.4, 0.5) is 0 Å². The number of fused-ring (bicyclic) bond motifs is 2. The van der Waals surface area contributed by atoms with Crippen LogP contribution in [0.2, 0.25) is 0 Å². The summed E-state index contributed by atoms with van der Waals surface area (Å²) < 4.78 is 10.7. The maximum atomic E-state index is 11.7. The van der Waals surface area contributed by atoms with Crippen molar-refractivity contribution in [2.24, 2.45) is 5.73 Å². The second-order valence-electron chi connectivity index (χ2n) is 6.17. The van der Waals surface area contributed by atoms with E-state index in [0.29, 0.717) is 50.4 Å². The number of H-pyrrole nitrogens is 1. The van der Waals surface area contributed by atoms with Gasteiger partial charge in [-0.1, -0.05) is 0 Å². The summed E-state index contributed by atoms with van der Waals surface area (Å²) in [5, 5.41) is 16.9. The molecule has 2 aliphatic rings. The number of hydrogen-bond acceptors (Lipinski definition) is 6. The molecule has 1 fully saturated rings. The number of allylic oxidation sites excluding steroid dienone is 1. The number of hydrogen-bond donors (Lipinski definition) is 2. The third-order valence-corrected chi connectivity index (χ3v) is 4.95. The van der Waals surface area contributed by atoms with Crippen LogP contribution in [0, 0.1) is 11.3 Å². The lowest BCUT2D eigenvalue weighted by atomic mass is 9.66. The Balaban J connectivity index is 2.05. The van der Waals surface area contributed by atoms with Gasteiger partial charge in [0.15, 0.2) is 0 Å². The summed E-state index contributed by atoms with van der Waals surface area (Å²) in [5.41, 5.74) is 7.63. The Morgan fingerprint density at radius 2 is 2.25 bits per heavy atom. The van der Waals surface area contributed by atoms with E-state index in [1.54, 1.807) is 18.9 Å². The molecule has 1 saturated heterocycles. The SMILES string of the molecule is COCCc1[nH]nc2c1C1(CCN(C(C)=O)CC1)C(C#N)=C(N)O2. The van der Waals surface area contributed by atoms with Crippen LogP contribution in [-0.2, 0) is 21.4 Å². The quantitative estimate of drug-likeness (QED) is 0.836. The summed E-state index contributed by atoms with van der Waals surface area (Å²) >= 11 is 0. The molecule has 0 bridgehead atoms. The number of piperidine rings is 1. The van der Waals surface area contributed by atoms with E-state index in [4.69, 9.17) is 15.2 Å². The summed E-state index contributed by atoms with van der Waals surface area (Å²) in [5.74, 6) is 0.569. The molecule has 0 saturated carbocycles. The number of aromatic amines is 1. The number of rotatable bonds is 3. The average Bonchev–Trinajstić information content (AvgIpc) is 2.97. The fourth-order valence-electron chi connectivity index (χ4n) is 3.69. The third kappa shape index (κ3) is 2.41. The molecule has 1 aromatic heterocycles. The number of aromatic nitrogens is 2. The van der Waals surface area contributed by atoms with Gasteiger partial charge in [0, 0.05) is 50.2 Å². The summed E-state index contributed by atoms with van der Waals surface area (Å²) in [6, 6.07) is 2.23. The van der Waals surface area contributed by atoms with Gasteiger partial charge in [-0.15, -0.1) is 5.10 Å². The zero-order chi connectivity index (χ0) is 17.3. The molecule has 3 heterocycles. The van der Waals surface area contributed by atoms with Crippen molar-refractivity contribution in [3.63, 3.8) is 0 Å². The number of amides is 1. The van der Waals surface area contributed by atoms with E-state index in [2.05, 4.69) is 16.3 Å². The average molecular weight is 331 g/mol. The van der Waals surface area contributed by atoms with Crippen molar-refractivity contribution in [1.29, 1.82) is 5.26 Å². The monoisotopic (exact) mass is 331 g/mol. The Kier molecular flexibility index (Phi) is 4.20. The third-order valence-electron chi connectivity index (χ3n) is 4.95. The molecular formula is C16H21N5O3. The van der Waals surface area contributed by atoms with Crippen LogP contribution >= 0.6 is 0 Å². The molecule has 3 N–H and O–H groups in total. The standard InChI is InChI=1S/C16H21N5O3/c1-10(22)21-6-4-16(5-7-21)11(9-17)14(18)24-15-13(16)12(19-20-15)3-8-23-2/h3-8,18H2,1-2H3,(H,19,20). The number of ether oxygens (including phenoxy) is 2. The lowest BCUT2D eigenvalue weighted by molar-refractivity contribution is -0.130. The lowest BCUT2D eigenvalue weighted by Gasteiger charge is -2.43. The van der Waals surface area contributed by atoms with Gasteiger partial charge < -0.3 is 20.1 Å². The first kappa shape index (κ1) is 16.3. The highest BCUT2D eigenvalue weighted by Gasteiger charge is 2.49. The molecule has 0 radical (unpaired) electrons. The van der Waals surface area contributed by atoms with Crippen molar-refractivity contribution in [1.82, 2.24) is 15.1 Å². The first-order valence-electron chi connectivity index (χ1n) is 7.94. The molecule has 24 heavy (non-hydrogen) atoms. The summed E-state index contributed by atoms with van der Waals surface area (Å²) in [6.45, 7) is 3.24. The number of nitrogens with one attached hydrogen (secondary N) is 1. The van der Waals surface area contributed by atoms with Crippen LogP contribution in [0.25, 0.3) is 0 Å². The molecule has 8 heteroatoms. The van der Waals surface area contributed by atoms with Gasteiger partial charge in [0.2, 0.25) is 17.7 Å². The van der Waals surface area contributed by atoms with Gasteiger partial charge in [0.1, 0.15) is 11.6 Å². The van der Waals surface area contributed by atoms with Gasteiger partial charge in [-0.2, -0.15) is 5.26 Å². The minimum absolute atomic E-state index is 0.0411. The zero-order valence-corrected chi connectivity index (χ0v) is 13.9. The van der Waals surface area contributed by atoms with Crippen molar-refractivity contribution < 1.29 is 14.3 Å². The Morgan fingerprint density at radius 3 is 2.83 bits per heavy atom. The minimum atomic E-state index is -0.561. The molecule has 1 spiro atoms. The molecule has 0 aliphatic carbocycles. The van der Waals surface area contributed by atoms with Gasteiger partial charge in [-0.25, -0.2) is 0 Å². The lowest BCUT2D eigenvalue weighted by Crippen LogP contribution is -2.47. The Morgan fingerprint density at radius 1 is 1.54 bits per heavy atom. The number of likely N-dealkylation sites (tertiary alicyclic amines) is 1. The van der Waals surface area contributed by atoms with Crippen molar-refractivity contribution in [2.45, 2.75) is 31.6 Å². The van der Waals surface area contributed by atoms with E-state index < -0.39 is 5.41 Å². The van der Waals surface area contributed by atoms with Crippen molar-refractivity contribution >= 4 is 5.91 Å². The van der Waals surface area contributed by atoms with Crippen molar-refractivity contribution in [3.05, 3.63) is 22.7 Å². The molecular weight excluding hydrogens is 310 g/mol. The topological polar surface area (TPSA) is 117 Å². The number of nitrogens with zero attached hydrogens (tertiary/aromatic N) is 3. The van der Waals surface area contributed by atoms with E-state index >= 15 is 0 Å². The van der Waals surface area contributed by atoms with Crippen LogP contribution < -0.4 is 10.5 Å². The maximum absolute atomic E-state index is 11.7. The largest absolute Gasteiger partial charge is 0.420 e. The summed E-state index contributed by atoms with van der Waals surface area (Å²) in [6.07, 6.45) is 1.87. The Bertz CT molecular complexity index is 723. The van der Waals surface area contributed by atoms with E-state index in [9.17, 15) is 10.1 Å². The van der Waals surface area contributed by atoms with Gasteiger partial charge in [-0.3, -0.25) is 9.89 Å². The van der Waals surface area contributed by atoms with Crippen LogP contribution in [-0.4, -0.2) is 47.8 Å². The van der Waals surface area contributed by atoms with Crippen LogP contribution in [0.15, 0.2) is 11.5 Å². The number of carbonyl (C=O) groups excluding carboxylic acids is 1. The molecule has 1 aromatic rings. The predicted octanol–water partition coefficient (Wildman–Crippen LogP) is 0.565. The molecule has 0 aromatic carbocycles. The number of methoxy groups -OCH3 is 1. The predicted molar refractivity (Wildman–Crippen MR) is 84.8 cm³/mol. The smallest absolute Gasteiger partial charge is 0.244 e. The number of nitrogens with two attached hydrogens (primary N) is 1. The van der Waals surface area contributed by atoms with E-state index in [0.717, 1.165) is 11.3 Å². The molecule has 3 rings (SSSR count). The van der Waals surface area contributed by atoms with Crippen molar-refractivity contribution in [3.8, 4) is 11.9 Å². The van der Waals surface area contributed by atoms with Gasteiger partial charge >= 0.3 is 0 Å². The highest BCUT2D eigenvalue weighted by molar-refractivity contribution is 5.73. The zero-order valence-electron chi connectivity index (χ0n) is 13.9. The number of carbonyl (C=O) groups is 1. The molecule has 128 valence electrons. The molecule has 0 unspecified atom stereocenters. The molecule has 8 nitrogen and oxygen atoms in total. The molecule has 2 aliphatic heterocycles. The highest BCUT2D eigenvalue weighted by Crippen LogP contribution is 2.49. The summed E-state index contributed by atoms with van der Waals surface area (Å²) in [7, 11) is 1.64. The fourth-order valence-corrected chi connectivity index (χ4v) is 3.69. The van der Waals surface area contributed by atoms with Gasteiger partial charge in [0.05, 0.1) is 6.61 Å². The van der Waals surface area contributed by atoms with Crippen molar-refractivity contribution in [2.75, 3.05) is 26.8 Å². The van der Waals surface area contributed by atoms with E-state index in [1.807, 2.05) is 0 Å².